The van der Waals surface area contributed by atoms with E-state index in [-0.39, 0.29) is 35.6 Å². The van der Waals surface area contributed by atoms with Gasteiger partial charge >= 0.3 is 6.18 Å². The van der Waals surface area contributed by atoms with Crippen LogP contribution in [0.4, 0.5) is 13.2 Å². The van der Waals surface area contributed by atoms with Crippen LogP contribution in [0.3, 0.4) is 0 Å². The van der Waals surface area contributed by atoms with Crippen LogP contribution in [0.2, 0.25) is 0 Å². The van der Waals surface area contributed by atoms with Gasteiger partial charge in [0.25, 0.3) is 0 Å². The fourth-order valence-electron chi connectivity index (χ4n) is 4.26. The van der Waals surface area contributed by atoms with Gasteiger partial charge in [-0.3, -0.25) is 14.3 Å². The second-order valence-electron chi connectivity index (χ2n) is 8.07. The van der Waals surface area contributed by atoms with Gasteiger partial charge < -0.3 is 10.5 Å². The number of benzene rings is 1. The summed E-state index contributed by atoms with van der Waals surface area (Å²) < 4.78 is 48.2. The SMILES string of the molecule is CCOc1ccc(-n2c(CN3CCC(C(N)=O)CC3)nc3c(C#N)nccc32)cc1C(F)(F)F. The second kappa shape index (κ2) is 9.30. The molecule has 34 heavy (non-hydrogen) atoms. The normalized spacial score (nSPS) is 15.4. The summed E-state index contributed by atoms with van der Waals surface area (Å²) in [7, 11) is 0. The number of hydrogen-bond donors (Lipinski definition) is 1. The van der Waals surface area contributed by atoms with E-state index in [9.17, 15) is 23.2 Å². The summed E-state index contributed by atoms with van der Waals surface area (Å²) in [4.78, 5) is 22.2. The zero-order valence-electron chi connectivity index (χ0n) is 18.5. The zero-order valence-corrected chi connectivity index (χ0v) is 18.5. The average Bonchev–Trinajstić information content (AvgIpc) is 3.17. The van der Waals surface area contributed by atoms with Gasteiger partial charge in [-0.05, 0) is 57.1 Å². The molecule has 2 N–H and O–H groups in total. The number of amides is 1. The molecule has 11 heteroatoms. The Morgan fingerprint density at radius 1 is 1.29 bits per heavy atom. The molecule has 178 valence electrons. The van der Waals surface area contributed by atoms with Crippen LogP contribution in [0, 0.1) is 17.2 Å². The number of primary amides is 1. The van der Waals surface area contributed by atoms with Crippen molar-refractivity contribution >= 4 is 16.9 Å². The van der Waals surface area contributed by atoms with Gasteiger partial charge in [0.1, 0.15) is 23.2 Å². The number of hydrogen-bond acceptors (Lipinski definition) is 6. The molecule has 0 spiro atoms. The molecular weight excluding hydrogens is 449 g/mol. The van der Waals surface area contributed by atoms with E-state index in [1.54, 1.807) is 17.6 Å². The number of pyridine rings is 1. The first-order valence-electron chi connectivity index (χ1n) is 10.9. The minimum absolute atomic E-state index is 0.0897. The summed E-state index contributed by atoms with van der Waals surface area (Å²) in [5, 5.41) is 9.47. The molecule has 1 amide bonds. The number of piperidine rings is 1. The quantitative estimate of drug-likeness (QED) is 0.589. The summed E-state index contributed by atoms with van der Waals surface area (Å²) in [6, 6.07) is 7.48. The molecule has 3 aromatic rings. The van der Waals surface area contributed by atoms with Crippen LogP contribution >= 0.6 is 0 Å². The number of fused-ring (bicyclic) bond motifs is 1. The number of likely N-dealkylation sites (tertiary alicyclic amines) is 1. The van der Waals surface area contributed by atoms with Crippen molar-refractivity contribution < 1.29 is 22.7 Å². The molecule has 1 aromatic carbocycles. The van der Waals surface area contributed by atoms with Crippen LogP contribution in [0.25, 0.3) is 16.7 Å². The molecule has 4 rings (SSSR count). The monoisotopic (exact) mass is 472 g/mol. The van der Waals surface area contributed by atoms with Gasteiger partial charge in [-0.15, -0.1) is 0 Å². The van der Waals surface area contributed by atoms with E-state index in [1.807, 2.05) is 6.07 Å². The number of nitrogens with two attached hydrogens (primary N) is 1. The van der Waals surface area contributed by atoms with Crippen LogP contribution in [-0.2, 0) is 17.5 Å². The Hall–Kier alpha value is -3.65. The van der Waals surface area contributed by atoms with Gasteiger partial charge in [-0.1, -0.05) is 0 Å². The maximum atomic E-state index is 13.8. The van der Waals surface area contributed by atoms with Crippen molar-refractivity contribution in [1.29, 1.82) is 5.26 Å². The summed E-state index contributed by atoms with van der Waals surface area (Å²) >= 11 is 0. The number of aromatic nitrogens is 3. The summed E-state index contributed by atoms with van der Waals surface area (Å²) in [6.45, 7) is 3.22. The lowest BCUT2D eigenvalue weighted by atomic mass is 9.96. The Labute approximate surface area is 193 Å². The first-order valence-corrected chi connectivity index (χ1v) is 10.9. The Balaban J connectivity index is 1.81. The molecule has 1 aliphatic rings. The predicted octanol–water partition coefficient (Wildman–Crippen LogP) is 3.41. The van der Waals surface area contributed by atoms with Gasteiger partial charge in [0, 0.05) is 17.8 Å². The average molecular weight is 472 g/mol. The fraction of sp³-hybridized carbons (Fsp3) is 0.391. The lowest BCUT2D eigenvalue weighted by molar-refractivity contribution is -0.139. The van der Waals surface area contributed by atoms with Gasteiger partial charge in [-0.25, -0.2) is 9.97 Å². The summed E-state index contributed by atoms with van der Waals surface area (Å²) in [5.74, 6) is -0.303. The van der Waals surface area contributed by atoms with Crippen molar-refractivity contribution in [2.45, 2.75) is 32.5 Å². The van der Waals surface area contributed by atoms with Crippen molar-refractivity contribution in [2.75, 3.05) is 19.7 Å². The third-order valence-electron chi connectivity index (χ3n) is 5.93. The Bertz CT molecular complexity index is 1260. The number of carbonyl (C=O) groups is 1. The highest BCUT2D eigenvalue weighted by Crippen LogP contribution is 2.38. The van der Waals surface area contributed by atoms with E-state index in [1.165, 1.54) is 18.3 Å². The third kappa shape index (κ3) is 4.54. The van der Waals surface area contributed by atoms with Crippen molar-refractivity contribution in [2.24, 2.45) is 11.7 Å². The highest BCUT2D eigenvalue weighted by molar-refractivity contribution is 5.82. The molecule has 8 nitrogen and oxygen atoms in total. The number of nitrogens with zero attached hydrogens (tertiary/aromatic N) is 5. The minimum atomic E-state index is -4.62. The third-order valence-corrected chi connectivity index (χ3v) is 5.93. The molecule has 0 aliphatic carbocycles. The largest absolute Gasteiger partial charge is 0.493 e. The van der Waals surface area contributed by atoms with E-state index in [4.69, 9.17) is 10.5 Å². The Morgan fingerprint density at radius 2 is 2.03 bits per heavy atom. The topological polar surface area (TPSA) is 110 Å². The minimum Gasteiger partial charge on any atom is -0.493 e. The number of imidazole rings is 1. The lowest BCUT2D eigenvalue weighted by Crippen LogP contribution is -2.38. The van der Waals surface area contributed by atoms with Crippen LogP contribution in [0.5, 0.6) is 5.75 Å². The molecule has 0 saturated carbocycles. The standard InChI is InChI=1S/C23H23F3N6O2/c1-2-34-19-4-3-15(11-16(19)23(24,25)26)32-18-5-8-29-17(12-27)21(18)30-20(32)13-31-9-6-14(7-10-31)22(28)33/h3-5,8,11,14H,2,6-7,9-10,13H2,1H3,(H2,28,33). The molecule has 3 heterocycles. The van der Waals surface area contributed by atoms with E-state index >= 15 is 0 Å². The molecule has 0 bridgehead atoms. The molecule has 0 radical (unpaired) electrons. The molecular formula is C23H23F3N6O2. The van der Waals surface area contributed by atoms with Gasteiger partial charge in [0.15, 0.2) is 5.69 Å². The van der Waals surface area contributed by atoms with E-state index in [0.717, 1.165) is 6.07 Å². The molecule has 0 unspecified atom stereocenters. The highest BCUT2D eigenvalue weighted by Gasteiger charge is 2.35. The smallest absolute Gasteiger partial charge is 0.420 e. The molecule has 0 atom stereocenters. The van der Waals surface area contributed by atoms with Crippen LogP contribution in [0.1, 0.15) is 36.8 Å². The van der Waals surface area contributed by atoms with E-state index < -0.39 is 11.7 Å². The maximum absolute atomic E-state index is 13.8. The van der Waals surface area contributed by atoms with Gasteiger partial charge in [0.2, 0.25) is 5.91 Å². The van der Waals surface area contributed by atoms with Crippen molar-refractivity contribution in [3.05, 3.63) is 47.5 Å². The number of nitriles is 1. The highest BCUT2D eigenvalue weighted by atomic mass is 19.4. The molecule has 1 aliphatic heterocycles. The van der Waals surface area contributed by atoms with Crippen LogP contribution in [-0.4, -0.2) is 45.0 Å². The number of ether oxygens (including phenoxy) is 1. The number of halogens is 3. The van der Waals surface area contributed by atoms with Crippen molar-refractivity contribution in [1.82, 2.24) is 19.4 Å². The molecule has 1 fully saturated rings. The maximum Gasteiger partial charge on any atom is 0.420 e. The zero-order chi connectivity index (χ0) is 24.5. The number of rotatable bonds is 6. The fourth-order valence-corrected chi connectivity index (χ4v) is 4.26. The predicted molar refractivity (Wildman–Crippen MR) is 117 cm³/mol. The van der Waals surface area contributed by atoms with Crippen LogP contribution in [0.15, 0.2) is 30.5 Å². The first-order chi connectivity index (χ1) is 16.2. The van der Waals surface area contributed by atoms with Crippen molar-refractivity contribution in [3.63, 3.8) is 0 Å². The molecule has 2 aromatic heterocycles. The first kappa shape index (κ1) is 23.5. The van der Waals surface area contributed by atoms with E-state index in [0.29, 0.717) is 49.3 Å². The van der Waals surface area contributed by atoms with Crippen molar-refractivity contribution in [3.8, 4) is 17.5 Å². The summed E-state index contributed by atoms with van der Waals surface area (Å²) in [6.07, 6.45) is -1.99. The second-order valence-corrected chi connectivity index (χ2v) is 8.07. The lowest BCUT2D eigenvalue weighted by Gasteiger charge is -2.30. The Kier molecular flexibility index (Phi) is 6.43. The van der Waals surface area contributed by atoms with Gasteiger partial charge in [-0.2, -0.15) is 18.4 Å². The van der Waals surface area contributed by atoms with Gasteiger partial charge in [0.05, 0.1) is 24.2 Å². The number of alkyl halides is 3. The van der Waals surface area contributed by atoms with Crippen LogP contribution < -0.4 is 10.5 Å². The Morgan fingerprint density at radius 3 is 2.65 bits per heavy atom. The molecule has 1 saturated heterocycles. The summed E-state index contributed by atoms with van der Waals surface area (Å²) in [5.41, 5.74) is 5.65. The number of carbonyl (C=O) groups excluding carboxylic acids is 1. The van der Waals surface area contributed by atoms with E-state index in [2.05, 4.69) is 14.9 Å².